The zero-order valence-corrected chi connectivity index (χ0v) is 34.3. The van der Waals surface area contributed by atoms with Crippen LogP contribution in [0.25, 0.3) is 0 Å². The van der Waals surface area contributed by atoms with Crippen LogP contribution in [0.4, 0.5) is 0 Å². The van der Waals surface area contributed by atoms with E-state index in [2.05, 4.69) is 28.1 Å². The SMILES string of the molecule is COc1cc(CC2([C@@H](C[C@H](OC(C)=O)[C@@H](CC[C@H](O)CNCCc3ccccc3)CC[C@H](C)O)OC(=O)[C@]34CCCC[C@H]3CCC(=O)N4)CCNCC2)ccc1O. The Balaban J connectivity index is 1.44. The number of fused-ring (bicyclic) bond motifs is 1. The Kier molecular flexibility index (Phi) is 16.6. The number of ether oxygens (including phenoxy) is 3. The van der Waals surface area contributed by atoms with Crippen molar-refractivity contribution in [1.29, 1.82) is 0 Å². The highest BCUT2D eigenvalue weighted by Gasteiger charge is 2.54. The highest BCUT2D eigenvalue weighted by molar-refractivity contribution is 5.90. The Hall–Kier alpha value is -3.71. The van der Waals surface area contributed by atoms with Crippen molar-refractivity contribution in [2.45, 2.75) is 140 Å². The number of methoxy groups -OCH3 is 1. The van der Waals surface area contributed by atoms with Gasteiger partial charge in [0, 0.05) is 31.7 Å². The van der Waals surface area contributed by atoms with Crippen LogP contribution >= 0.6 is 0 Å². The molecule has 7 atom stereocenters. The average molecular weight is 794 g/mol. The van der Waals surface area contributed by atoms with Gasteiger partial charge in [-0.15, -0.1) is 0 Å². The molecule has 2 saturated heterocycles. The van der Waals surface area contributed by atoms with Gasteiger partial charge in [-0.3, -0.25) is 9.59 Å². The highest BCUT2D eigenvalue weighted by atomic mass is 16.6. The summed E-state index contributed by atoms with van der Waals surface area (Å²) in [5.74, 6) is -0.904. The Labute approximate surface area is 338 Å². The average Bonchev–Trinajstić information content (AvgIpc) is 3.20. The zero-order chi connectivity index (χ0) is 40.8. The lowest BCUT2D eigenvalue weighted by molar-refractivity contribution is -0.179. The van der Waals surface area contributed by atoms with Crippen LogP contribution in [0.3, 0.4) is 0 Å². The van der Waals surface area contributed by atoms with Crippen molar-refractivity contribution < 1.29 is 43.9 Å². The molecule has 6 N–H and O–H groups in total. The second-order valence-corrected chi connectivity index (χ2v) is 16.9. The maximum Gasteiger partial charge on any atom is 0.332 e. The molecule has 0 bridgehead atoms. The number of aliphatic hydroxyl groups is 2. The van der Waals surface area contributed by atoms with Gasteiger partial charge in [-0.1, -0.05) is 49.2 Å². The molecule has 0 radical (unpaired) electrons. The Morgan fingerprint density at radius 3 is 2.42 bits per heavy atom. The van der Waals surface area contributed by atoms with E-state index in [9.17, 15) is 29.7 Å². The number of benzene rings is 2. The minimum atomic E-state index is -1.11. The molecular weight excluding hydrogens is 727 g/mol. The number of esters is 2. The van der Waals surface area contributed by atoms with Gasteiger partial charge in [0.15, 0.2) is 11.5 Å². The van der Waals surface area contributed by atoms with Crippen LogP contribution in [0.5, 0.6) is 11.5 Å². The molecule has 12 heteroatoms. The first-order chi connectivity index (χ1) is 27.4. The number of phenols is 1. The molecule has 0 unspecified atom stereocenters. The van der Waals surface area contributed by atoms with E-state index in [1.165, 1.54) is 19.6 Å². The number of aromatic hydroxyl groups is 1. The number of amides is 1. The van der Waals surface area contributed by atoms with Gasteiger partial charge in [0.25, 0.3) is 0 Å². The van der Waals surface area contributed by atoms with Gasteiger partial charge >= 0.3 is 11.9 Å². The van der Waals surface area contributed by atoms with Crippen LogP contribution < -0.4 is 20.7 Å². The quantitative estimate of drug-likeness (QED) is 0.0730. The number of hydrogen-bond donors (Lipinski definition) is 6. The van der Waals surface area contributed by atoms with E-state index in [0.717, 1.165) is 37.8 Å². The summed E-state index contributed by atoms with van der Waals surface area (Å²) < 4.78 is 18.5. The first-order valence-electron chi connectivity index (χ1n) is 21.3. The fourth-order valence-corrected chi connectivity index (χ4v) is 9.56. The fourth-order valence-electron chi connectivity index (χ4n) is 9.56. The summed E-state index contributed by atoms with van der Waals surface area (Å²) in [5, 5.41) is 41.9. The molecule has 2 aromatic carbocycles. The van der Waals surface area contributed by atoms with Crippen molar-refractivity contribution >= 4 is 17.8 Å². The van der Waals surface area contributed by atoms with Crippen molar-refractivity contribution in [1.82, 2.24) is 16.0 Å². The Bertz CT molecular complexity index is 1580. The molecule has 3 aliphatic rings. The topological polar surface area (TPSA) is 176 Å². The third kappa shape index (κ3) is 12.4. The van der Waals surface area contributed by atoms with Gasteiger partial charge in [-0.25, -0.2) is 4.79 Å². The van der Waals surface area contributed by atoms with E-state index in [1.807, 2.05) is 30.3 Å². The predicted molar refractivity (Wildman–Crippen MR) is 218 cm³/mol. The normalized spacial score (nSPS) is 23.2. The molecule has 2 heterocycles. The molecule has 2 aromatic rings. The van der Waals surface area contributed by atoms with Gasteiger partial charge in [0.05, 0.1) is 19.3 Å². The van der Waals surface area contributed by atoms with Crippen LogP contribution in [-0.4, -0.2) is 96.4 Å². The first-order valence-corrected chi connectivity index (χ1v) is 21.3. The predicted octanol–water partition coefficient (Wildman–Crippen LogP) is 5.14. The number of carbonyl (C=O) groups excluding carboxylic acids is 3. The lowest BCUT2D eigenvalue weighted by Crippen LogP contribution is -2.65. The maximum absolute atomic E-state index is 14.8. The van der Waals surface area contributed by atoms with Crippen LogP contribution in [0.1, 0.15) is 108 Å². The van der Waals surface area contributed by atoms with E-state index in [4.69, 9.17) is 14.2 Å². The molecule has 5 rings (SSSR count). The maximum atomic E-state index is 14.8. The van der Waals surface area contributed by atoms with Gasteiger partial charge in [0.1, 0.15) is 17.7 Å². The van der Waals surface area contributed by atoms with Crippen LogP contribution in [0, 0.1) is 17.3 Å². The summed E-state index contributed by atoms with van der Waals surface area (Å²) in [5.41, 5.74) is 0.419. The van der Waals surface area contributed by atoms with E-state index >= 15 is 0 Å². The minimum absolute atomic E-state index is 0.0201. The molecule has 0 aromatic heterocycles. The van der Waals surface area contributed by atoms with E-state index in [0.29, 0.717) is 89.6 Å². The van der Waals surface area contributed by atoms with Crippen molar-refractivity contribution in [3.8, 4) is 11.5 Å². The van der Waals surface area contributed by atoms with Crippen molar-refractivity contribution in [3.63, 3.8) is 0 Å². The second-order valence-electron chi connectivity index (χ2n) is 16.9. The molecule has 0 spiro atoms. The fraction of sp³-hybridized carbons (Fsp3) is 0.667. The Morgan fingerprint density at radius 1 is 0.947 bits per heavy atom. The first kappa shape index (κ1) is 44.4. The standard InChI is InChI=1S/C45H67N3O9/c1-31(49)12-14-35(15-17-37(51)30-47-24-20-33-9-5-4-6-10-33)39(56-32(2)50)28-41(57-43(54)45-21-8-7-11-36(45)16-19-42(53)48-45)44(22-25-46-26-23-44)29-34-13-18-38(52)40(27-34)55-3/h4-6,9-10,13,18,27,31,35-37,39,41,46-47,49,51-52H,7-8,11-12,14-17,19-26,28-30H2,1-3H3,(H,48,53)/t31-,35+,36-,37-,39-,41+,45-/m0/s1. The zero-order valence-electron chi connectivity index (χ0n) is 34.3. The summed E-state index contributed by atoms with van der Waals surface area (Å²) in [6.07, 6.45) is 6.42. The summed E-state index contributed by atoms with van der Waals surface area (Å²) >= 11 is 0. The van der Waals surface area contributed by atoms with Crippen molar-refractivity contribution in [2.24, 2.45) is 17.3 Å². The third-order valence-electron chi connectivity index (χ3n) is 12.8. The molecular formula is C45H67N3O9. The van der Waals surface area contributed by atoms with Gasteiger partial charge in [-0.2, -0.15) is 0 Å². The summed E-state index contributed by atoms with van der Waals surface area (Å²) in [6, 6.07) is 15.5. The molecule has 2 aliphatic heterocycles. The minimum Gasteiger partial charge on any atom is -0.504 e. The van der Waals surface area contributed by atoms with Crippen molar-refractivity contribution in [2.75, 3.05) is 33.3 Å². The molecule has 316 valence electrons. The van der Waals surface area contributed by atoms with Crippen molar-refractivity contribution in [3.05, 3.63) is 59.7 Å². The molecule has 12 nitrogen and oxygen atoms in total. The van der Waals surface area contributed by atoms with Crippen LogP contribution in [-0.2, 0) is 36.7 Å². The Morgan fingerprint density at radius 2 is 1.70 bits per heavy atom. The summed E-state index contributed by atoms with van der Waals surface area (Å²) in [7, 11) is 1.51. The van der Waals surface area contributed by atoms with Gasteiger partial charge in [-0.05, 0) is 132 Å². The largest absolute Gasteiger partial charge is 0.504 e. The van der Waals surface area contributed by atoms with Gasteiger partial charge < -0.3 is 45.5 Å². The lowest BCUT2D eigenvalue weighted by Gasteiger charge is -2.49. The van der Waals surface area contributed by atoms with E-state index < -0.39 is 47.3 Å². The molecule has 3 fully saturated rings. The molecule has 1 saturated carbocycles. The van der Waals surface area contributed by atoms with Crippen LogP contribution in [0.2, 0.25) is 0 Å². The molecule has 1 amide bonds. The van der Waals surface area contributed by atoms with Gasteiger partial charge in [0.2, 0.25) is 5.91 Å². The monoisotopic (exact) mass is 793 g/mol. The highest BCUT2D eigenvalue weighted by Crippen LogP contribution is 2.46. The molecule has 57 heavy (non-hydrogen) atoms. The number of piperidine rings is 2. The summed E-state index contributed by atoms with van der Waals surface area (Å²) in [4.78, 5) is 40.7. The number of carbonyl (C=O) groups is 3. The third-order valence-corrected chi connectivity index (χ3v) is 12.8. The number of rotatable bonds is 21. The number of nitrogens with one attached hydrogen (secondary N) is 3. The number of hydrogen-bond acceptors (Lipinski definition) is 11. The molecule has 1 aliphatic carbocycles. The van der Waals surface area contributed by atoms with E-state index in [-0.39, 0.29) is 29.9 Å². The summed E-state index contributed by atoms with van der Waals surface area (Å²) in [6.45, 7) is 5.62. The van der Waals surface area contributed by atoms with Crippen LogP contribution in [0.15, 0.2) is 48.5 Å². The number of phenolic OH excluding ortho intramolecular Hbond substituents is 1. The number of aliphatic hydroxyl groups excluding tert-OH is 2. The smallest absolute Gasteiger partial charge is 0.332 e. The second kappa shape index (κ2) is 21.3. The lowest BCUT2D eigenvalue weighted by atomic mass is 9.66. The van der Waals surface area contributed by atoms with E-state index in [1.54, 1.807) is 13.0 Å².